The second-order valence-electron chi connectivity index (χ2n) is 3.40. The first-order chi connectivity index (χ1) is 8.26. The van der Waals surface area contributed by atoms with Gasteiger partial charge in [0, 0.05) is 24.5 Å². The zero-order valence-electron chi connectivity index (χ0n) is 9.35. The first kappa shape index (κ1) is 11.5. The lowest BCUT2D eigenvalue weighted by Gasteiger charge is -2.10. The summed E-state index contributed by atoms with van der Waals surface area (Å²) in [4.78, 5) is 8.29. The summed E-state index contributed by atoms with van der Waals surface area (Å²) in [5, 5.41) is 0. The molecule has 88 valence electrons. The molecule has 4 nitrogen and oxygen atoms in total. The molecule has 0 aliphatic rings. The van der Waals surface area contributed by atoms with Gasteiger partial charge in [-0.3, -0.25) is 9.97 Å². The number of ether oxygens (including phenoxy) is 1. The van der Waals surface area contributed by atoms with Crippen LogP contribution in [-0.4, -0.2) is 17.1 Å². The lowest BCUT2D eigenvalue weighted by atomic mass is 10.1. The van der Waals surface area contributed by atoms with Crippen LogP contribution in [-0.2, 0) is 6.54 Å². The third-order valence-electron chi connectivity index (χ3n) is 2.38. The first-order valence-corrected chi connectivity index (χ1v) is 5.10. The summed E-state index contributed by atoms with van der Waals surface area (Å²) in [5.41, 5.74) is 7.29. The Balaban J connectivity index is 2.62. The zero-order chi connectivity index (χ0) is 12.3. The smallest absolute Gasteiger partial charge is 0.128 e. The number of hydrogen-bond acceptors (Lipinski definition) is 4. The van der Waals surface area contributed by atoms with E-state index in [-0.39, 0.29) is 12.4 Å². The lowest BCUT2D eigenvalue weighted by molar-refractivity contribution is 0.415. The highest BCUT2D eigenvalue weighted by Crippen LogP contribution is 2.30. The highest BCUT2D eigenvalue weighted by molar-refractivity contribution is 5.68. The van der Waals surface area contributed by atoms with Crippen LogP contribution >= 0.6 is 0 Å². The Bertz CT molecular complexity index is 531. The van der Waals surface area contributed by atoms with Crippen molar-refractivity contribution in [3.63, 3.8) is 0 Å². The molecule has 0 unspecified atom stereocenters. The maximum Gasteiger partial charge on any atom is 0.128 e. The molecule has 0 aliphatic heterocycles. The molecule has 0 fully saturated rings. The van der Waals surface area contributed by atoms with Gasteiger partial charge in [-0.2, -0.15) is 0 Å². The second kappa shape index (κ2) is 4.88. The Labute approximate surface area is 98.3 Å². The Morgan fingerprint density at radius 2 is 2.06 bits per heavy atom. The van der Waals surface area contributed by atoms with Crippen molar-refractivity contribution >= 4 is 0 Å². The van der Waals surface area contributed by atoms with Gasteiger partial charge in [-0.25, -0.2) is 4.39 Å². The zero-order valence-corrected chi connectivity index (χ0v) is 9.35. The average molecular weight is 233 g/mol. The van der Waals surface area contributed by atoms with Crippen LogP contribution in [0.15, 0.2) is 30.6 Å². The molecule has 2 rings (SSSR count). The number of methoxy groups -OCH3 is 1. The summed E-state index contributed by atoms with van der Waals surface area (Å²) < 4.78 is 18.4. The van der Waals surface area contributed by atoms with Crippen LogP contribution < -0.4 is 10.5 Å². The number of rotatable bonds is 3. The fourth-order valence-electron chi connectivity index (χ4n) is 1.61. The van der Waals surface area contributed by atoms with E-state index < -0.39 is 0 Å². The van der Waals surface area contributed by atoms with E-state index in [1.807, 2.05) is 0 Å². The summed E-state index contributed by atoms with van der Waals surface area (Å²) in [6.45, 7) is 0.239. The predicted octanol–water partition coefficient (Wildman–Crippen LogP) is 1.75. The minimum absolute atomic E-state index is 0.239. The molecule has 0 saturated heterocycles. The number of nitrogens with two attached hydrogens (primary N) is 1. The molecule has 5 heteroatoms. The Kier molecular flexibility index (Phi) is 3.30. The molecule has 0 bridgehead atoms. The number of benzene rings is 1. The minimum atomic E-state index is -0.352. The monoisotopic (exact) mass is 233 g/mol. The molecular weight excluding hydrogens is 221 g/mol. The third-order valence-corrected chi connectivity index (χ3v) is 2.38. The molecule has 1 aromatic heterocycles. The summed E-state index contributed by atoms with van der Waals surface area (Å²) in [7, 11) is 1.52. The lowest BCUT2D eigenvalue weighted by Crippen LogP contribution is -2.04. The van der Waals surface area contributed by atoms with Crippen molar-refractivity contribution in [2.24, 2.45) is 5.73 Å². The number of halogens is 1. The van der Waals surface area contributed by atoms with Gasteiger partial charge >= 0.3 is 0 Å². The highest BCUT2D eigenvalue weighted by Gasteiger charge is 2.12. The fourth-order valence-corrected chi connectivity index (χ4v) is 1.61. The van der Waals surface area contributed by atoms with Crippen molar-refractivity contribution < 1.29 is 9.13 Å². The number of aromatic nitrogens is 2. The van der Waals surface area contributed by atoms with Crippen molar-refractivity contribution in [3.8, 4) is 17.0 Å². The van der Waals surface area contributed by atoms with Crippen molar-refractivity contribution in [2.75, 3.05) is 7.11 Å². The Morgan fingerprint density at radius 1 is 1.29 bits per heavy atom. The molecule has 0 radical (unpaired) electrons. The first-order valence-electron chi connectivity index (χ1n) is 5.10. The molecule has 1 heterocycles. The standard InChI is InChI=1S/C12H12FN3O/c1-17-11-3-2-8(13)6-9(11)12-10(7-14)15-4-5-16-12/h2-6H,7,14H2,1H3. The van der Waals surface area contributed by atoms with E-state index in [4.69, 9.17) is 10.5 Å². The third kappa shape index (κ3) is 2.24. The van der Waals surface area contributed by atoms with Gasteiger partial charge < -0.3 is 10.5 Å². The van der Waals surface area contributed by atoms with Gasteiger partial charge in [0.05, 0.1) is 18.5 Å². The summed E-state index contributed by atoms with van der Waals surface area (Å²) >= 11 is 0. The van der Waals surface area contributed by atoms with Gasteiger partial charge in [-0.15, -0.1) is 0 Å². The Hall–Kier alpha value is -2.01. The molecular formula is C12H12FN3O. The molecule has 0 amide bonds. The van der Waals surface area contributed by atoms with Crippen LogP contribution in [0.4, 0.5) is 4.39 Å². The molecule has 0 spiro atoms. The number of nitrogens with zero attached hydrogens (tertiary/aromatic N) is 2. The SMILES string of the molecule is COc1ccc(F)cc1-c1nccnc1CN. The molecule has 17 heavy (non-hydrogen) atoms. The van der Waals surface area contributed by atoms with Gasteiger partial charge in [0.25, 0.3) is 0 Å². The van der Waals surface area contributed by atoms with Crippen LogP contribution in [0.2, 0.25) is 0 Å². The maximum atomic E-state index is 13.3. The summed E-state index contributed by atoms with van der Waals surface area (Å²) in [6, 6.07) is 4.25. The van der Waals surface area contributed by atoms with Gasteiger partial charge in [-0.1, -0.05) is 0 Å². The molecule has 0 aliphatic carbocycles. The van der Waals surface area contributed by atoms with E-state index in [1.165, 1.54) is 19.2 Å². The molecule has 2 aromatic rings. The van der Waals surface area contributed by atoms with E-state index in [1.54, 1.807) is 18.5 Å². The minimum Gasteiger partial charge on any atom is -0.496 e. The van der Waals surface area contributed by atoms with Gasteiger partial charge in [0.2, 0.25) is 0 Å². The van der Waals surface area contributed by atoms with E-state index in [0.717, 1.165) is 0 Å². The quantitative estimate of drug-likeness (QED) is 0.877. The van der Waals surface area contributed by atoms with Gasteiger partial charge in [0.1, 0.15) is 11.6 Å². The van der Waals surface area contributed by atoms with Gasteiger partial charge in [0.15, 0.2) is 0 Å². The van der Waals surface area contributed by atoms with Crippen LogP contribution in [0, 0.1) is 5.82 Å². The molecule has 0 saturated carbocycles. The van der Waals surface area contributed by atoms with Crippen molar-refractivity contribution in [2.45, 2.75) is 6.54 Å². The van der Waals surface area contributed by atoms with Crippen LogP contribution in [0.5, 0.6) is 5.75 Å². The van der Waals surface area contributed by atoms with E-state index in [2.05, 4.69) is 9.97 Å². The maximum absolute atomic E-state index is 13.3. The van der Waals surface area contributed by atoms with E-state index >= 15 is 0 Å². The van der Waals surface area contributed by atoms with Crippen LogP contribution in [0.1, 0.15) is 5.69 Å². The molecule has 2 N–H and O–H groups in total. The number of hydrogen-bond donors (Lipinski definition) is 1. The van der Waals surface area contributed by atoms with E-state index in [0.29, 0.717) is 22.7 Å². The van der Waals surface area contributed by atoms with Crippen molar-refractivity contribution in [1.82, 2.24) is 9.97 Å². The molecule has 0 atom stereocenters. The fraction of sp³-hybridized carbons (Fsp3) is 0.167. The van der Waals surface area contributed by atoms with E-state index in [9.17, 15) is 4.39 Å². The van der Waals surface area contributed by atoms with Crippen LogP contribution in [0.25, 0.3) is 11.3 Å². The summed E-state index contributed by atoms with van der Waals surface area (Å²) in [6.07, 6.45) is 3.09. The predicted molar refractivity (Wildman–Crippen MR) is 61.9 cm³/mol. The normalized spacial score (nSPS) is 10.3. The van der Waals surface area contributed by atoms with Crippen molar-refractivity contribution in [1.29, 1.82) is 0 Å². The van der Waals surface area contributed by atoms with Crippen molar-refractivity contribution in [3.05, 3.63) is 42.1 Å². The Morgan fingerprint density at radius 3 is 2.76 bits per heavy atom. The van der Waals surface area contributed by atoms with Crippen LogP contribution in [0.3, 0.4) is 0 Å². The topological polar surface area (TPSA) is 61.0 Å². The summed E-state index contributed by atoms with van der Waals surface area (Å²) in [5.74, 6) is 0.191. The second-order valence-corrected chi connectivity index (χ2v) is 3.40. The average Bonchev–Trinajstić information content (AvgIpc) is 2.38. The van der Waals surface area contributed by atoms with Gasteiger partial charge in [-0.05, 0) is 18.2 Å². The highest BCUT2D eigenvalue weighted by atomic mass is 19.1. The largest absolute Gasteiger partial charge is 0.496 e. The molecule has 1 aromatic carbocycles.